The van der Waals surface area contributed by atoms with Crippen LogP contribution in [0.1, 0.15) is 50.1 Å². The molecular formula is C30H45ClN6O4. The van der Waals surface area contributed by atoms with E-state index in [1.165, 1.54) is 12.8 Å². The van der Waals surface area contributed by atoms with Gasteiger partial charge in [0, 0.05) is 44.5 Å². The third-order valence-electron chi connectivity index (χ3n) is 6.36. The number of amides is 1. The average Bonchev–Trinajstić information content (AvgIpc) is 3.63. The Morgan fingerprint density at radius 3 is 2.39 bits per heavy atom. The molecule has 1 aliphatic heterocycles. The van der Waals surface area contributed by atoms with Gasteiger partial charge >= 0.3 is 0 Å². The van der Waals surface area contributed by atoms with Gasteiger partial charge in [0.2, 0.25) is 6.41 Å². The van der Waals surface area contributed by atoms with Crippen LogP contribution in [0.5, 0.6) is 5.75 Å². The molecule has 2 N–H and O–H groups in total. The molecule has 0 spiro atoms. The van der Waals surface area contributed by atoms with Crippen LogP contribution in [-0.4, -0.2) is 80.0 Å². The Bertz CT molecular complexity index is 1190. The number of likely N-dealkylation sites (tertiary alicyclic amines) is 1. The second-order valence-electron chi connectivity index (χ2n) is 9.47. The summed E-state index contributed by atoms with van der Waals surface area (Å²) in [6.07, 6.45) is 4.22. The highest BCUT2D eigenvalue weighted by Gasteiger charge is 2.21. The molecule has 0 unspecified atom stereocenters. The van der Waals surface area contributed by atoms with Gasteiger partial charge < -0.3 is 29.5 Å². The van der Waals surface area contributed by atoms with Gasteiger partial charge in [-0.05, 0) is 85.7 Å². The normalized spacial score (nSPS) is 12.2. The first-order valence-corrected chi connectivity index (χ1v) is 14.5. The molecule has 1 saturated heterocycles. The molecule has 1 aliphatic rings. The van der Waals surface area contributed by atoms with Gasteiger partial charge in [-0.25, -0.2) is 9.97 Å². The molecule has 2 aromatic heterocycles. The molecule has 1 fully saturated rings. The highest BCUT2D eigenvalue weighted by atomic mass is 35.5. The molecule has 0 aliphatic carbocycles. The smallest absolute Gasteiger partial charge is 0.209 e. The Kier molecular flexibility index (Phi) is 15.1. The van der Waals surface area contributed by atoms with E-state index in [1.807, 2.05) is 59.9 Å². The van der Waals surface area contributed by atoms with Crippen LogP contribution >= 0.6 is 11.6 Å². The number of halogens is 1. The summed E-state index contributed by atoms with van der Waals surface area (Å²) in [5.74, 6) is 2.74. The van der Waals surface area contributed by atoms with Crippen molar-refractivity contribution in [2.24, 2.45) is 0 Å². The van der Waals surface area contributed by atoms with Crippen molar-refractivity contribution in [1.29, 1.82) is 0 Å². The summed E-state index contributed by atoms with van der Waals surface area (Å²) in [7, 11) is 3.60. The SMILES string of the molecule is CCNc1nc(-c2cc(OCCCNC)ccc2Cl)nc(-c2c(C)noc2C)c1C.CCOC.O=CN1CCCC1. The Hall–Kier alpha value is -3.21. The largest absolute Gasteiger partial charge is 0.494 e. The van der Waals surface area contributed by atoms with E-state index >= 15 is 0 Å². The number of anilines is 1. The topological polar surface area (TPSA) is 115 Å². The predicted molar refractivity (Wildman–Crippen MR) is 165 cm³/mol. The highest BCUT2D eigenvalue weighted by molar-refractivity contribution is 6.33. The van der Waals surface area contributed by atoms with Gasteiger partial charge in [-0.3, -0.25) is 4.79 Å². The molecule has 10 nitrogen and oxygen atoms in total. The second kappa shape index (κ2) is 18.3. The van der Waals surface area contributed by atoms with Crippen molar-refractivity contribution in [1.82, 2.24) is 25.3 Å². The van der Waals surface area contributed by atoms with E-state index in [0.29, 0.717) is 17.5 Å². The minimum atomic E-state index is 0.525. The van der Waals surface area contributed by atoms with E-state index in [2.05, 4.69) is 20.5 Å². The van der Waals surface area contributed by atoms with Gasteiger partial charge in [0.05, 0.1) is 28.6 Å². The van der Waals surface area contributed by atoms with E-state index in [9.17, 15) is 4.79 Å². The quantitative estimate of drug-likeness (QED) is 0.215. The monoisotopic (exact) mass is 588 g/mol. The summed E-state index contributed by atoms with van der Waals surface area (Å²) >= 11 is 6.53. The van der Waals surface area contributed by atoms with Crippen molar-refractivity contribution in [2.75, 3.05) is 58.9 Å². The first-order valence-electron chi connectivity index (χ1n) is 14.1. The molecule has 0 atom stereocenters. The number of nitrogens with zero attached hydrogens (tertiary/aromatic N) is 4. The average molecular weight is 589 g/mol. The van der Waals surface area contributed by atoms with Crippen LogP contribution in [0, 0.1) is 20.8 Å². The number of nitrogens with one attached hydrogen (secondary N) is 2. The van der Waals surface area contributed by atoms with Gasteiger partial charge in [0.1, 0.15) is 17.3 Å². The number of rotatable bonds is 11. The maximum absolute atomic E-state index is 9.93. The fourth-order valence-electron chi connectivity index (χ4n) is 4.09. The molecular weight excluding hydrogens is 544 g/mol. The molecule has 1 aromatic carbocycles. The van der Waals surface area contributed by atoms with E-state index < -0.39 is 0 Å². The molecule has 0 bridgehead atoms. The van der Waals surface area contributed by atoms with E-state index in [4.69, 9.17) is 30.8 Å². The van der Waals surface area contributed by atoms with E-state index in [1.54, 1.807) is 12.0 Å². The number of aryl methyl sites for hydroxylation is 2. The van der Waals surface area contributed by atoms with Crippen molar-refractivity contribution in [3.05, 3.63) is 40.2 Å². The van der Waals surface area contributed by atoms with Crippen LogP contribution in [0.3, 0.4) is 0 Å². The minimum absolute atomic E-state index is 0.525. The van der Waals surface area contributed by atoms with Crippen LogP contribution in [0.2, 0.25) is 5.02 Å². The zero-order valence-electron chi connectivity index (χ0n) is 25.5. The number of hydrogen-bond donors (Lipinski definition) is 2. The van der Waals surface area contributed by atoms with Crippen LogP contribution in [0.4, 0.5) is 5.82 Å². The predicted octanol–water partition coefficient (Wildman–Crippen LogP) is 5.69. The molecule has 3 heterocycles. The standard InChI is InChI=1S/C22H28ClN5O2.C5H9NO.C3H8O/c1-6-25-21-13(2)20(19-14(3)28-30-15(19)4)26-22(27-21)17-12-16(8-9-18(17)23)29-11-7-10-24-5;7-5-6-3-1-2-4-6;1-3-4-2/h8-9,12,24H,6-7,10-11H2,1-5H3,(H,25,26,27);5H,1-4H2;3H2,1-2H3. The number of carbonyl (C=O) groups is 1. The lowest BCUT2D eigenvalue weighted by molar-refractivity contribution is -0.117. The Morgan fingerprint density at radius 1 is 1.15 bits per heavy atom. The lowest BCUT2D eigenvalue weighted by Crippen LogP contribution is -2.15. The Morgan fingerprint density at radius 2 is 1.85 bits per heavy atom. The minimum Gasteiger partial charge on any atom is -0.494 e. The molecule has 0 radical (unpaired) electrons. The molecule has 41 heavy (non-hydrogen) atoms. The number of ether oxygens (including phenoxy) is 2. The lowest BCUT2D eigenvalue weighted by Gasteiger charge is -2.15. The first kappa shape index (κ1) is 34.0. The van der Waals surface area contributed by atoms with Crippen molar-refractivity contribution >= 4 is 23.8 Å². The Balaban J connectivity index is 0.000000447. The number of methoxy groups -OCH3 is 1. The summed E-state index contributed by atoms with van der Waals surface area (Å²) in [5.41, 5.74) is 4.10. The molecule has 4 rings (SSSR count). The summed E-state index contributed by atoms with van der Waals surface area (Å²) in [4.78, 5) is 21.3. The van der Waals surface area contributed by atoms with Gasteiger partial charge in [0.15, 0.2) is 5.82 Å². The summed E-state index contributed by atoms with van der Waals surface area (Å²) in [6.45, 7) is 14.8. The third kappa shape index (κ3) is 10.3. The zero-order chi connectivity index (χ0) is 30.2. The lowest BCUT2D eigenvalue weighted by atomic mass is 10.0. The third-order valence-corrected chi connectivity index (χ3v) is 6.69. The van der Waals surface area contributed by atoms with Crippen LogP contribution in [0.25, 0.3) is 22.6 Å². The zero-order valence-corrected chi connectivity index (χ0v) is 26.2. The van der Waals surface area contributed by atoms with E-state index in [0.717, 1.165) is 91.0 Å². The molecule has 0 saturated carbocycles. The van der Waals surface area contributed by atoms with Gasteiger partial charge in [-0.1, -0.05) is 16.8 Å². The van der Waals surface area contributed by atoms with Gasteiger partial charge in [-0.15, -0.1) is 0 Å². The molecule has 3 aromatic rings. The second-order valence-corrected chi connectivity index (χ2v) is 9.88. The molecule has 1 amide bonds. The number of aromatic nitrogens is 3. The number of carbonyl (C=O) groups excluding carboxylic acids is 1. The van der Waals surface area contributed by atoms with Crippen molar-refractivity contribution in [3.63, 3.8) is 0 Å². The van der Waals surface area contributed by atoms with E-state index in [-0.39, 0.29) is 0 Å². The van der Waals surface area contributed by atoms with Crippen molar-refractivity contribution in [2.45, 2.75) is 53.9 Å². The summed E-state index contributed by atoms with van der Waals surface area (Å²) in [5, 5.41) is 11.1. The van der Waals surface area contributed by atoms with Crippen LogP contribution in [-0.2, 0) is 9.53 Å². The molecule has 11 heteroatoms. The maximum atomic E-state index is 9.93. The van der Waals surface area contributed by atoms with Gasteiger partial charge in [-0.2, -0.15) is 0 Å². The van der Waals surface area contributed by atoms with Crippen molar-refractivity contribution in [3.8, 4) is 28.4 Å². The summed E-state index contributed by atoms with van der Waals surface area (Å²) < 4.78 is 15.8. The summed E-state index contributed by atoms with van der Waals surface area (Å²) in [6, 6.07) is 5.56. The van der Waals surface area contributed by atoms with Crippen molar-refractivity contribution < 1.29 is 18.8 Å². The van der Waals surface area contributed by atoms with Gasteiger partial charge in [0.25, 0.3) is 0 Å². The maximum Gasteiger partial charge on any atom is 0.209 e. The fourth-order valence-corrected chi connectivity index (χ4v) is 4.29. The van der Waals surface area contributed by atoms with Crippen LogP contribution < -0.4 is 15.4 Å². The molecule has 226 valence electrons. The van der Waals surface area contributed by atoms with Crippen LogP contribution in [0.15, 0.2) is 22.7 Å². The number of benzene rings is 1. The first-order chi connectivity index (χ1) is 19.8. The Labute approximate surface area is 249 Å². The fraction of sp³-hybridized carbons (Fsp3) is 0.533. The highest BCUT2D eigenvalue weighted by Crippen LogP contribution is 2.36. The number of hydrogen-bond acceptors (Lipinski definition) is 9.